The molecule has 1 amide bonds. The topological polar surface area (TPSA) is 113 Å². The smallest absolute Gasteiger partial charge is 0.248 e. The monoisotopic (exact) mass is 245 g/mol. The zero-order valence-electron chi connectivity index (χ0n) is 8.57. The van der Waals surface area contributed by atoms with Crippen molar-refractivity contribution in [2.75, 3.05) is 24.2 Å². The molecule has 0 aliphatic heterocycles. The molecule has 1 rings (SSSR count). The third-order valence-corrected chi connectivity index (χ3v) is 2.04. The summed E-state index contributed by atoms with van der Waals surface area (Å²) in [5, 5.41) is 14.9. The van der Waals surface area contributed by atoms with Gasteiger partial charge in [0.25, 0.3) is 0 Å². The Bertz CT molecular complexity index is 387. The molecule has 16 heavy (non-hydrogen) atoms. The lowest BCUT2D eigenvalue weighted by Crippen LogP contribution is -2.34. The number of nitrogens with zero attached hydrogens (tertiary/aromatic N) is 2. The second kappa shape index (κ2) is 5.47. The lowest BCUT2D eigenvalue weighted by molar-refractivity contribution is -0.125. The molecule has 0 aliphatic rings. The number of hydrogen-bond acceptors (Lipinski definition) is 6. The molecule has 0 saturated carbocycles. The number of nitrogens with two attached hydrogens (primary N) is 1. The van der Waals surface area contributed by atoms with Crippen molar-refractivity contribution in [1.29, 1.82) is 0 Å². The third-order valence-electron chi connectivity index (χ3n) is 1.76. The lowest BCUT2D eigenvalue weighted by atomic mass is 10.3. The van der Waals surface area contributed by atoms with Crippen LogP contribution in [0.4, 0.5) is 11.8 Å². The molecule has 0 aliphatic carbocycles. The summed E-state index contributed by atoms with van der Waals surface area (Å²) >= 11 is 5.80. The van der Waals surface area contributed by atoms with Crippen molar-refractivity contribution in [1.82, 2.24) is 9.97 Å². The number of amides is 1. The van der Waals surface area contributed by atoms with Gasteiger partial charge in [-0.15, -0.1) is 0 Å². The number of aromatic nitrogens is 2. The van der Waals surface area contributed by atoms with Crippen LogP contribution in [0.3, 0.4) is 0 Å². The SMILES string of the molecule is CNc1ncc(Cl)c(NCC(O)C(N)=O)n1. The van der Waals surface area contributed by atoms with Gasteiger partial charge in [0, 0.05) is 7.05 Å². The maximum absolute atomic E-state index is 10.6. The summed E-state index contributed by atoms with van der Waals surface area (Å²) in [7, 11) is 1.66. The Morgan fingerprint density at radius 2 is 2.44 bits per heavy atom. The van der Waals surface area contributed by atoms with Gasteiger partial charge in [-0.3, -0.25) is 4.79 Å². The molecule has 1 aromatic heterocycles. The summed E-state index contributed by atoms with van der Waals surface area (Å²) in [4.78, 5) is 18.4. The summed E-state index contributed by atoms with van der Waals surface area (Å²) in [6, 6.07) is 0. The van der Waals surface area contributed by atoms with Crippen molar-refractivity contribution in [2.45, 2.75) is 6.10 Å². The molecule has 1 aromatic rings. The molecule has 8 heteroatoms. The van der Waals surface area contributed by atoms with Crippen molar-refractivity contribution in [2.24, 2.45) is 5.73 Å². The standard InChI is InChI=1S/C8H12ClN5O2/c1-11-8-13-2-4(9)7(14-8)12-3-5(15)6(10)16/h2,5,15H,3H2,1H3,(H2,10,16)(H2,11,12,13,14). The van der Waals surface area contributed by atoms with Gasteiger partial charge in [-0.1, -0.05) is 11.6 Å². The Morgan fingerprint density at radius 1 is 1.75 bits per heavy atom. The molecule has 0 radical (unpaired) electrons. The molecule has 7 nitrogen and oxygen atoms in total. The minimum Gasteiger partial charge on any atom is -0.381 e. The second-order valence-electron chi connectivity index (χ2n) is 2.94. The zero-order valence-corrected chi connectivity index (χ0v) is 9.32. The van der Waals surface area contributed by atoms with Gasteiger partial charge in [0.2, 0.25) is 11.9 Å². The highest BCUT2D eigenvalue weighted by Gasteiger charge is 2.12. The number of aliphatic hydroxyl groups excluding tert-OH is 1. The Labute approximate surface area is 97.0 Å². The first-order valence-electron chi connectivity index (χ1n) is 4.46. The molecule has 0 saturated heterocycles. The van der Waals surface area contributed by atoms with Gasteiger partial charge in [0.15, 0.2) is 5.82 Å². The number of halogens is 1. The van der Waals surface area contributed by atoms with E-state index in [1.165, 1.54) is 6.20 Å². The van der Waals surface area contributed by atoms with E-state index in [2.05, 4.69) is 20.6 Å². The van der Waals surface area contributed by atoms with E-state index in [9.17, 15) is 4.79 Å². The van der Waals surface area contributed by atoms with E-state index in [4.69, 9.17) is 22.4 Å². The molecular weight excluding hydrogens is 234 g/mol. The highest BCUT2D eigenvalue weighted by atomic mass is 35.5. The van der Waals surface area contributed by atoms with Gasteiger partial charge in [-0.05, 0) is 0 Å². The Hall–Kier alpha value is -1.60. The van der Waals surface area contributed by atoms with Crippen LogP contribution in [0.15, 0.2) is 6.20 Å². The van der Waals surface area contributed by atoms with Gasteiger partial charge in [-0.2, -0.15) is 4.98 Å². The average molecular weight is 246 g/mol. The van der Waals surface area contributed by atoms with E-state index in [1.54, 1.807) is 7.05 Å². The molecular formula is C8H12ClN5O2. The highest BCUT2D eigenvalue weighted by molar-refractivity contribution is 6.32. The van der Waals surface area contributed by atoms with E-state index in [0.29, 0.717) is 11.8 Å². The molecule has 1 atom stereocenters. The van der Waals surface area contributed by atoms with E-state index >= 15 is 0 Å². The summed E-state index contributed by atoms with van der Waals surface area (Å²) in [6.45, 7) is -0.0603. The van der Waals surface area contributed by atoms with Crippen LogP contribution in [0.25, 0.3) is 0 Å². The predicted molar refractivity (Wildman–Crippen MR) is 60.3 cm³/mol. The summed E-state index contributed by atoms with van der Waals surface area (Å²) < 4.78 is 0. The van der Waals surface area contributed by atoms with Gasteiger partial charge < -0.3 is 21.5 Å². The number of aliphatic hydroxyl groups is 1. The molecule has 5 N–H and O–H groups in total. The number of primary amides is 1. The van der Waals surface area contributed by atoms with E-state index in [-0.39, 0.29) is 11.6 Å². The van der Waals surface area contributed by atoms with Crippen LogP contribution >= 0.6 is 11.6 Å². The van der Waals surface area contributed by atoms with Crippen LogP contribution in [-0.4, -0.2) is 40.7 Å². The molecule has 1 heterocycles. The van der Waals surface area contributed by atoms with Gasteiger partial charge in [-0.25, -0.2) is 4.98 Å². The van der Waals surface area contributed by atoms with Gasteiger partial charge >= 0.3 is 0 Å². The number of rotatable bonds is 5. The summed E-state index contributed by atoms with van der Waals surface area (Å²) in [5.41, 5.74) is 4.89. The lowest BCUT2D eigenvalue weighted by Gasteiger charge is -2.10. The third kappa shape index (κ3) is 3.21. The first-order chi connectivity index (χ1) is 7.54. The van der Waals surface area contributed by atoms with Crippen LogP contribution in [0.5, 0.6) is 0 Å². The predicted octanol–water partition coefficient (Wildman–Crippen LogP) is -0.570. The fourth-order valence-electron chi connectivity index (χ4n) is 0.905. The minimum atomic E-state index is -1.29. The zero-order chi connectivity index (χ0) is 12.1. The quantitative estimate of drug-likeness (QED) is 0.553. The fraction of sp³-hybridized carbons (Fsp3) is 0.375. The maximum atomic E-state index is 10.6. The molecule has 0 fully saturated rings. The van der Waals surface area contributed by atoms with Crippen LogP contribution < -0.4 is 16.4 Å². The number of hydrogen-bond donors (Lipinski definition) is 4. The first kappa shape index (κ1) is 12.5. The molecule has 0 spiro atoms. The molecule has 1 unspecified atom stereocenters. The maximum Gasteiger partial charge on any atom is 0.248 e. The van der Waals surface area contributed by atoms with Crippen molar-refractivity contribution < 1.29 is 9.90 Å². The second-order valence-corrected chi connectivity index (χ2v) is 3.35. The Kier molecular flexibility index (Phi) is 4.27. The van der Waals surface area contributed by atoms with Crippen molar-refractivity contribution >= 4 is 29.3 Å². The van der Waals surface area contributed by atoms with Crippen LogP contribution in [0.2, 0.25) is 5.02 Å². The van der Waals surface area contributed by atoms with Crippen LogP contribution in [-0.2, 0) is 4.79 Å². The summed E-state index contributed by atoms with van der Waals surface area (Å²) in [6.07, 6.45) is 0.114. The number of nitrogens with one attached hydrogen (secondary N) is 2. The Morgan fingerprint density at radius 3 is 3.00 bits per heavy atom. The van der Waals surface area contributed by atoms with Crippen molar-refractivity contribution in [3.05, 3.63) is 11.2 Å². The largest absolute Gasteiger partial charge is 0.381 e. The summed E-state index contributed by atoms with van der Waals surface area (Å²) in [5.74, 6) is -0.117. The molecule has 0 aromatic carbocycles. The highest BCUT2D eigenvalue weighted by Crippen LogP contribution is 2.18. The average Bonchev–Trinajstić information content (AvgIpc) is 2.27. The van der Waals surface area contributed by atoms with E-state index in [0.717, 1.165) is 0 Å². The molecule has 88 valence electrons. The van der Waals surface area contributed by atoms with E-state index in [1.807, 2.05) is 0 Å². The Balaban J connectivity index is 2.69. The fourth-order valence-corrected chi connectivity index (χ4v) is 1.06. The normalized spacial score (nSPS) is 11.9. The number of carbonyl (C=O) groups is 1. The van der Waals surface area contributed by atoms with E-state index < -0.39 is 12.0 Å². The first-order valence-corrected chi connectivity index (χ1v) is 4.84. The van der Waals surface area contributed by atoms with Gasteiger partial charge in [0.1, 0.15) is 11.1 Å². The number of carbonyl (C=O) groups excluding carboxylic acids is 1. The number of anilines is 2. The van der Waals surface area contributed by atoms with Crippen molar-refractivity contribution in [3.8, 4) is 0 Å². The molecule has 0 bridgehead atoms. The minimum absolute atomic E-state index is 0.0603. The van der Waals surface area contributed by atoms with Crippen molar-refractivity contribution in [3.63, 3.8) is 0 Å². The van der Waals surface area contributed by atoms with Crippen LogP contribution in [0, 0.1) is 0 Å². The van der Waals surface area contributed by atoms with Crippen LogP contribution in [0.1, 0.15) is 0 Å². The van der Waals surface area contributed by atoms with Gasteiger partial charge in [0.05, 0.1) is 12.7 Å².